The lowest BCUT2D eigenvalue weighted by molar-refractivity contribution is -0.167. The third-order valence-electron chi connectivity index (χ3n) is 3.60. The average Bonchev–Trinajstić information content (AvgIpc) is 2.47. The second kappa shape index (κ2) is 9.38. The van der Waals surface area contributed by atoms with Gasteiger partial charge in [0.25, 0.3) is 0 Å². The molecule has 5 heteroatoms. The first-order valence-corrected chi connectivity index (χ1v) is 8.15. The van der Waals surface area contributed by atoms with Crippen molar-refractivity contribution in [2.24, 2.45) is 11.7 Å². The van der Waals surface area contributed by atoms with Gasteiger partial charge in [-0.3, -0.25) is 4.79 Å². The Hall–Kier alpha value is -0.650. The van der Waals surface area contributed by atoms with Crippen LogP contribution in [0.25, 0.3) is 0 Å². The number of hydrogen-bond donors (Lipinski definition) is 1. The van der Waals surface area contributed by atoms with Crippen LogP contribution in [0.2, 0.25) is 0 Å². The van der Waals surface area contributed by atoms with E-state index in [-0.39, 0.29) is 24.3 Å². The summed E-state index contributed by atoms with van der Waals surface area (Å²) in [4.78, 5) is 11.9. The van der Waals surface area contributed by atoms with Crippen molar-refractivity contribution in [3.8, 4) is 0 Å². The average molecular weight is 301 g/mol. The van der Waals surface area contributed by atoms with E-state index in [1.807, 2.05) is 6.92 Å². The van der Waals surface area contributed by atoms with Crippen LogP contribution in [0.15, 0.2) is 0 Å². The van der Waals surface area contributed by atoms with Crippen LogP contribution in [-0.4, -0.2) is 43.5 Å². The largest absolute Gasteiger partial charge is 0.459 e. The molecule has 0 bridgehead atoms. The normalized spacial score (nSPS) is 31.4. The molecule has 21 heavy (non-hydrogen) atoms. The fourth-order valence-electron chi connectivity index (χ4n) is 2.45. The van der Waals surface area contributed by atoms with Crippen molar-refractivity contribution in [1.29, 1.82) is 0 Å². The van der Waals surface area contributed by atoms with Gasteiger partial charge in [0, 0.05) is 13.2 Å². The highest BCUT2D eigenvalue weighted by Crippen LogP contribution is 2.22. The van der Waals surface area contributed by atoms with Gasteiger partial charge in [-0.2, -0.15) is 0 Å². The first-order valence-electron chi connectivity index (χ1n) is 8.15. The minimum atomic E-state index is -0.539. The number of cyclic esters (lactones) is 1. The fourth-order valence-corrected chi connectivity index (χ4v) is 2.45. The third-order valence-corrected chi connectivity index (χ3v) is 3.60. The van der Waals surface area contributed by atoms with Gasteiger partial charge >= 0.3 is 5.97 Å². The fraction of sp³-hybridized carbons (Fsp3) is 0.938. The highest BCUT2D eigenvalue weighted by Gasteiger charge is 2.33. The van der Waals surface area contributed by atoms with Crippen LogP contribution in [0.3, 0.4) is 0 Å². The van der Waals surface area contributed by atoms with Gasteiger partial charge in [-0.05, 0) is 38.5 Å². The lowest BCUT2D eigenvalue weighted by Gasteiger charge is -2.31. The van der Waals surface area contributed by atoms with E-state index in [9.17, 15) is 4.79 Å². The molecule has 0 aromatic heterocycles. The Balaban J connectivity index is 2.78. The molecule has 124 valence electrons. The van der Waals surface area contributed by atoms with E-state index in [2.05, 4.69) is 20.8 Å². The molecule has 1 fully saturated rings. The SMILES string of the molecule is CCCO[C@H]1[C@H](C)OC(=O)[C@@H](N)CCC[C@@H]1OCC(C)C. The summed E-state index contributed by atoms with van der Waals surface area (Å²) < 4.78 is 17.4. The van der Waals surface area contributed by atoms with Gasteiger partial charge in [0.1, 0.15) is 18.2 Å². The number of rotatable bonds is 6. The number of carbonyl (C=O) groups excluding carboxylic acids is 1. The standard InChI is InChI=1S/C16H31NO4/c1-5-9-19-15-12(4)21-16(18)13(17)7-6-8-14(15)20-10-11(2)3/h11-15H,5-10,17H2,1-4H3/t12-,13-,14-,15-/m0/s1. The van der Waals surface area contributed by atoms with E-state index >= 15 is 0 Å². The van der Waals surface area contributed by atoms with Crippen LogP contribution < -0.4 is 5.73 Å². The van der Waals surface area contributed by atoms with E-state index in [0.29, 0.717) is 25.6 Å². The Labute approximate surface area is 128 Å². The van der Waals surface area contributed by atoms with Crippen molar-refractivity contribution < 1.29 is 19.0 Å². The lowest BCUT2D eigenvalue weighted by Crippen LogP contribution is -2.43. The zero-order valence-electron chi connectivity index (χ0n) is 13.8. The molecular formula is C16H31NO4. The summed E-state index contributed by atoms with van der Waals surface area (Å²) in [7, 11) is 0. The van der Waals surface area contributed by atoms with Gasteiger partial charge in [-0.25, -0.2) is 0 Å². The highest BCUT2D eigenvalue weighted by atomic mass is 16.6. The Kier molecular flexibility index (Phi) is 8.22. The van der Waals surface area contributed by atoms with Gasteiger partial charge in [-0.15, -0.1) is 0 Å². The van der Waals surface area contributed by atoms with Crippen molar-refractivity contribution in [3.63, 3.8) is 0 Å². The monoisotopic (exact) mass is 301 g/mol. The molecule has 0 amide bonds. The highest BCUT2D eigenvalue weighted by molar-refractivity contribution is 5.75. The number of carbonyl (C=O) groups is 1. The predicted octanol–water partition coefficient (Wildman–Crippen LogP) is 2.27. The van der Waals surface area contributed by atoms with Crippen LogP contribution in [0.5, 0.6) is 0 Å². The molecule has 0 unspecified atom stereocenters. The molecule has 1 saturated heterocycles. The van der Waals surface area contributed by atoms with Crippen LogP contribution >= 0.6 is 0 Å². The number of esters is 1. The Bertz CT molecular complexity index is 309. The molecule has 0 saturated carbocycles. The molecule has 0 spiro atoms. The van der Waals surface area contributed by atoms with Gasteiger partial charge in [-0.1, -0.05) is 20.8 Å². The van der Waals surface area contributed by atoms with Gasteiger partial charge in [0.15, 0.2) is 0 Å². The maximum absolute atomic E-state index is 11.9. The maximum atomic E-state index is 11.9. The molecule has 2 N–H and O–H groups in total. The number of ether oxygens (including phenoxy) is 3. The summed E-state index contributed by atoms with van der Waals surface area (Å²) in [6, 6.07) is -0.539. The summed E-state index contributed by atoms with van der Waals surface area (Å²) >= 11 is 0. The van der Waals surface area contributed by atoms with Gasteiger partial charge in [0.05, 0.1) is 6.10 Å². The zero-order valence-corrected chi connectivity index (χ0v) is 13.8. The summed E-state index contributed by atoms with van der Waals surface area (Å²) in [6.45, 7) is 9.49. The third kappa shape index (κ3) is 6.32. The number of nitrogens with two attached hydrogens (primary N) is 1. The molecule has 1 heterocycles. The number of hydrogen-bond acceptors (Lipinski definition) is 5. The predicted molar refractivity (Wildman–Crippen MR) is 82.0 cm³/mol. The first kappa shape index (κ1) is 18.4. The minimum absolute atomic E-state index is 0.0490. The quantitative estimate of drug-likeness (QED) is 0.762. The summed E-state index contributed by atoms with van der Waals surface area (Å²) in [5, 5.41) is 0. The van der Waals surface area contributed by atoms with Crippen LogP contribution in [0.1, 0.15) is 53.4 Å². The molecule has 1 rings (SSSR count). The smallest absolute Gasteiger partial charge is 0.323 e. The van der Waals surface area contributed by atoms with E-state index in [1.165, 1.54) is 0 Å². The minimum Gasteiger partial charge on any atom is -0.459 e. The van der Waals surface area contributed by atoms with Crippen LogP contribution in [0.4, 0.5) is 0 Å². The van der Waals surface area contributed by atoms with E-state index in [4.69, 9.17) is 19.9 Å². The summed E-state index contributed by atoms with van der Waals surface area (Å²) in [6.07, 6.45) is 2.63. The summed E-state index contributed by atoms with van der Waals surface area (Å²) in [5.41, 5.74) is 5.84. The molecule has 0 aromatic rings. The first-order chi connectivity index (χ1) is 9.95. The molecular weight excluding hydrogens is 270 g/mol. The second-order valence-corrected chi connectivity index (χ2v) is 6.28. The lowest BCUT2D eigenvalue weighted by atomic mass is 10.0. The van der Waals surface area contributed by atoms with E-state index in [1.54, 1.807) is 0 Å². The molecule has 0 aromatic carbocycles. The van der Waals surface area contributed by atoms with Gasteiger partial charge < -0.3 is 19.9 Å². The molecule has 1 aliphatic rings. The molecule has 0 aliphatic carbocycles. The molecule has 5 nitrogen and oxygen atoms in total. The van der Waals surface area contributed by atoms with E-state index < -0.39 is 6.04 Å². The van der Waals surface area contributed by atoms with Crippen molar-refractivity contribution >= 4 is 5.97 Å². The Morgan fingerprint density at radius 3 is 2.67 bits per heavy atom. The van der Waals surface area contributed by atoms with Crippen LogP contribution in [-0.2, 0) is 19.0 Å². The maximum Gasteiger partial charge on any atom is 0.323 e. The van der Waals surface area contributed by atoms with Crippen LogP contribution in [0, 0.1) is 5.92 Å². The van der Waals surface area contributed by atoms with Gasteiger partial charge in [0.2, 0.25) is 0 Å². The Morgan fingerprint density at radius 1 is 1.33 bits per heavy atom. The molecule has 4 atom stereocenters. The molecule has 1 aliphatic heterocycles. The zero-order chi connectivity index (χ0) is 15.8. The Morgan fingerprint density at radius 2 is 2.05 bits per heavy atom. The van der Waals surface area contributed by atoms with Crippen molar-refractivity contribution in [2.75, 3.05) is 13.2 Å². The summed E-state index contributed by atoms with van der Waals surface area (Å²) in [5.74, 6) is 0.127. The van der Waals surface area contributed by atoms with Crippen molar-refractivity contribution in [2.45, 2.75) is 77.7 Å². The van der Waals surface area contributed by atoms with Crippen molar-refractivity contribution in [3.05, 3.63) is 0 Å². The van der Waals surface area contributed by atoms with Crippen molar-refractivity contribution in [1.82, 2.24) is 0 Å². The van der Waals surface area contributed by atoms with E-state index in [0.717, 1.165) is 19.3 Å². The topological polar surface area (TPSA) is 70.8 Å². The second-order valence-electron chi connectivity index (χ2n) is 6.28. The molecule has 0 radical (unpaired) electrons.